The fourth-order valence-electron chi connectivity index (χ4n) is 2.46. The highest BCUT2D eigenvalue weighted by molar-refractivity contribution is 5.93. The summed E-state index contributed by atoms with van der Waals surface area (Å²) in [5, 5.41) is 0. The third-order valence-corrected chi connectivity index (χ3v) is 3.57. The molecule has 1 aliphatic heterocycles. The van der Waals surface area contributed by atoms with Crippen molar-refractivity contribution in [2.75, 3.05) is 13.1 Å². The van der Waals surface area contributed by atoms with E-state index in [4.69, 9.17) is 4.74 Å². The van der Waals surface area contributed by atoms with Gasteiger partial charge in [0.2, 0.25) is 0 Å². The fraction of sp³-hybridized carbons (Fsp3) is 0.312. The zero-order chi connectivity index (χ0) is 14.5. The maximum Gasteiger partial charge on any atom is 0.255 e. The number of likely N-dealkylation sites (tertiary alicyclic amines) is 1. The maximum absolute atomic E-state index is 12.3. The number of aromatic nitrogens is 2. The first-order valence-electron chi connectivity index (χ1n) is 7.09. The Bertz CT molecular complexity index is 581. The highest BCUT2D eigenvalue weighted by atomic mass is 16.5. The zero-order valence-electron chi connectivity index (χ0n) is 11.7. The molecule has 5 nitrogen and oxygen atoms in total. The Kier molecular flexibility index (Phi) is 4.09. The average Bonchev–Trinajstić information content (AvgIpc) is 2.57. The van der Waals surface area contributed by atoms with Crippen LogP contribution in [0.2, 0.25) is 0 Å². The van der Waals surface area contributed by atoms with E-state index in [-0.39, 0.29) is 12.0 Å². The molecule has 0 spiro atoms. The molecule has 0 unspecified atom stereocenters. The molecule has 0 radical (unpaired) electrons. The van der Waals surface area contributed by atoms with E-state index in [1.54, 1.807) is 36.9 Å². The summed E-state index contributed by atoms with van der Waals surface area (Å²) in [6.45, 7) is 1.41. The number of rotatable bonds is 3. The van der Waals surface area contributed by atoms with Crippen LogP contribution < -0.4 is 4.74 Å². The van der Waals surface area contributed by atoms with Gasteiger partial charge in [0, 0.05) is 44.5 Å². The maximum atomic E-state index is 12.3. The highest BCUT2D eigenvalue weighted by Crippen LogP contribution is 2.19. The molecule has 3 rings (SSSR count). The van der Waals surface area contributed by atoms with Gasteiger partial charge in [-0.15, -0.1) is 0 Å². The van der Waals surface area contributed by atoms with Crippen LogP contribution in [0.3, 0.4) is 0 Å². The van der Waals surface area contributed by atoms with Gasteiger partial charge in [-0.05, 0) is 24.3 Å². The molecule has 108 valence electrons. The second kappa shape index (κ2) is 6.35. The molecular formula is C16H17N3O2. The van der Waals surface area contributed by atoms with Crippen LogP contribution >= 0.6 is 0 Å². The molecule has 1 fully saturated rings. The molecule has 2 aromatic rings. The zero-order valence-corrected chi connectivity index (χ0v) is 11.7. The summed E-state index contributed by atoms with van der Waals surface area (Å²) in [6, 6.07) is 7.34. The van der Waals surface area contributed by atoms with Crippen molar-refractivity contribution in [2.45, 2.75) is 18.9 Å². The average molecular weight is 283 g/mol. The molecule has 5 heteroatoms. The van der Waals surface area contributed by atoms with Crippen molar-refractivity contribution >= 4 is 5.91 Å². The summed E-state index contributed by atoms with van der Waals surface area (Å²) in [6.07, 6.45) is 8.54. The number of amides is 1. The lowest BCUT2D eigenvalue weighted by molar-refractivity contribution is 0.0594. The number of ether oxygens (including phenoxy) is 1. The Morgan fingerprint density at radius 3 is 2.43 bits per heavy atom. The second-order valence-corrected chi connectivity index (χ2v) is 5.04. The first-order valence-corrected chi connectivity index (χ1v) is 7.09. The topological polar surface area (TPSA) is 55.3 Å². The van der Waals surface area contributed by atoms with Crippen LogP contribution in [0.5, 0.6) is 5.75 Å². The van der Waals surface area contributed by atoms with Gasteiger partial charge in [0.05, 0.1) is 11.8 Å². The lowest BCUT2D eigenvalue weighted by Gasteiger charge is -2.32. The molecule has 21 heavy (non-hydrogen) atoms. The molecule has 0 atom stereocenters. The minimum atomic E-state index is 0.0444. The molecule has 0 N–H and O–H groups in total. The summed E-state index contributed by atoms with van der Waals surface area (Å²) in [7, 11) is 0. The van der Waals surface area contributed by atoms with Crippen LogP contribution in [-0.4, -0.2) is 40.0 Å². The van der Waals surface area contributed by atoms with Gasteiger partial charge in [-0.25, -0.2) is 0 Å². The van der Waals surface area contributed by atoms with Gasteiger partial charge in [-0.3, -0.25) is 14.8 Å². The summed E-state index contributed by atoms with van der Waals surface area (Å²) >= 11 is 0. The summed E-state index contributed by atoms with van der Waals surface area (Å²) < 4.78 is 5.88. The smallest absolute Gasteiger partial charge is 0.255 e. The van der Waals surface area contributed by atoms with E-state index in [0.29, 0.717) is 18.7 Å². The van der Waals surface area contributed by atoms with Gasteiger partial charge in [-0.2, -0.15) is 0 Å². The van der Waals surface area contributed by atoms with E-state index in [1.807, 2.05) is 17.0 Å². The van der Waals surface area contributed by atoms with Crippen molar-refractivity contribution in [3.63, 3.8) is 0 Å². The molecule has 3 heterocycles. The Hall–Kier alpha value is -2.43. The Morgan fingerprint density at radius 1 is 1.10 bits per heavy atom. The second-order valence-electron chi connectivity index (χ2n) is 5.04. The van der Waals surface area contributed by atoms with Crippen molar-refractivity contribution in [3.05, 3.63) is 54.6 Å². The lowest BCUT2D eigenvalue weighted by Crippen LogP contribution is -2.41. The van der Waals surface area contributed by atoms with Gasteiger partial charge < -0.3 is 9.64 Å². The van der Waals surface area contributed by atoms with Crippen molar-refractivity contribution < 1.29 is 9.53 Å². The molecule has 1 aliphatic rings. The Labute approximate surface area is 123 Å². The number of nitrogens with zero attached hydrogens (tertiary/aromatic N) is 3. The van der Waals surface area contributed by atoms with Gasteiger partial charge >= 0.3 is 0 Å². The number of pyridine rings is 2. The largest absolute Gasteiger partial charge is 0.489 e. The van der Waals surface area contributed by atoms with Gasteiger partial charge in [0.1, 0.15) is 11.9 Å². The lowest BCUT2D eigenvalue weighted by atomic mass is 10.1. The summed E-state index contributed by atoms with van der Waals surface area (Å²) in [4.78, 5) is 22.2. The molecule has 0 aliphatic carbocycles. The standard InChI is InChI=1S/C16H17N3O2/c20-16(13-3-1-7-17-11-13)19-9-5-14(6-10-19)21-15-4-2-8-18-12-15/h1-4,7-8,11-12,14H,5-6,9-10H2. The third-order valence-electron chi connectivity index (χ3n) is 3.57. The van der Waals surface area contributed by atoms with Gasteiger partial charge in [0.25, 0.3) is 5.91 Å². The molecule has 1 saturated heterocycles. The first-order chi connectivity index (χ1) is 10.3. The van der Waals surface area contributed by atoms with Crippen LogP contribution in [0.15, 0.2) is 49.1 Å². The molecular weight excluding hydrogens is 266 g/mol. The van der Waals surface area contributed by atoms with E-state index in [1.165, 1.54) is 0 Å². The summed E-state index contributed by atoms with van der Waals surface area (Å²) in [5.74, 6) is 0.831. The normalized spacial score (nSPS) is 15.7. The molecule has 0 aromatic carbocycles. The monoisotopic (exact) mass is 283 g/mol. The van der Waals surface area contributed by atoms with Gasteiger partial charge in [-0.1, -0.05) is 0 Å². The van der Waals surface area contributed by atoms with Crippen LogP contribution in [-0.2, 0) is 0 Å². The molecule has 2 aromatic heterocycles. The minimum Gasteiger partial charge on any atom is -0.489 e. The van der Waals surface area contributed by atoms with Crippen LogP contribution in [0.25, 0.3) is 0 Å². The van der Waals surface area contributed by atoms with E-state index in [0.717, 1.165) is 18.6 Å². The number of hydrogen-bond donors (Lipinski definition) is 0. The fourth-order valence-corrected chi connectivity index (χ4v) is 2.46. The third kappa shape index (κ3) is 3.37. The predicted octanol–water partition coefficient (Wildman–Crippen LogP) is 2.16. The van der Waals surface area contributed by atoms with Crippen molar-refractivity contribution in [1.82, 2.24) is 14.9 Å². The number of hydrogen-bond acceptors (Lipinski definition) is 4. The Morgan fingerprint density at radius 2 is 1.81 bits per heavy atom. The minimum absolute atomic E-state index is 0.0444. The Balaban J connectivity index is 1.54. The van der Waals surface area contributed by atoms with Crippen molar-refractivity contribution in [3.8, 4) is 5.75 Å². The molecule has 1 amide bonds. The first kappa shape index (κ1) is 13.5. The van der Waals surface area contributed by atoms with Crippen LogP contribution in [0.1, 0.15) is 23.2 Å². The van der Waals surface area contributed by atoms with Crippen LogP contribution in [0, 0.1) is 0 Å². The number of piperidine rings is 1. The van der Waals surface area contributed by atoms with E-state index < -0.39 is 0 Å². The SMILES string of the molecule is O=C(c1cccnc1)N1CCC(Oc2cccnc2)CC1. The number of carbonyl (C=O) groups excluding carboxylic acids is 1. The van der Waals surface area contributed by atoms with E-state index >= 15 is 0 Å². The predicted molar refractivity (Wildman–Crippen MR) is 78.0 cm³/mol. The molecule has 0 bridgehead atoms. The van der Waals surface area contributed by atoms with Crippen LogP contribution in [0.4, 0.5) is 0 Å². The van der Waals surface area contributed by atoms with E-state index in [2.05, 4.69) is 9.97 Å². The summed E-state index contributed by atoms with van der Waals surface area (Å²) in [5.41, 5.74) is 0.643. The van der Waals surface area contributed by atoms with E-state index in [9.17, 15) is 4.79 Å². The highest BCUT2D eigenvalue weighted by Gasteiger charge is 2.24. The van der Waals surface area contributed by atoms with Crippen molar-refractivity contribution in [2.24, 2.45) is 0 Å². The van der Waals surface area contributed by atoms with Crippen molar-refractivity contribution in [1.29, 1.82) is 0 Å². The van der Waals surface area contributed by atoms with Gasteiger partial charge in [0.15, 0.2) is 0 Å². The quantitative estimate of drug-likeness (QED) is 0.866. The molecule has 0 saturated carbocycles. The number of carbonyl (C=O) groups is 1.